The number of aryl methyl sites for hydroxylation is 1. The Labute approximate surface area is 188 Å². The second-order valence-electron chi connectivity index (χ2n) is 8.54. The maximum atomic E-state index is 9.59. The summed E-state index contributed by atoms with van der Waals surface area (Å²) >= 11 is 8.10. The van der Waals surface area contributed by atoms with Crippen LogP contribution in [0.3, 0.4) is 0 Å². The zero-order valence-corrected chi connectivity index (χ0v) is 18.6. The quantitative estimate of drug-likeness (QED) is 0.423. The zero-order valence-electron chi connectivity index (χ0n) is 17.1. The molecule has 1 atom stereocenters. The molecule has 4 aromatic rings. The van der Waals surface area contributed by atoms with E-state index in [1.165, 1.54) is 5.56 Å². The average Bonchev–Trinajstić information content (AvgIpc) is 3.47. The Bertz CT molecular complexity index is 1330. The van der Waals surface area contributed by atoms with E-state index in [9.17, 15) is 5.11 Å². The highest BCUT2D eigenvalue weighted by Gasteiger charge is 2.44. The number of pyridine rings is 1. The molecule has 31 heavy (non-hydrogen) atoms. The molecule has 2 aliphatic rings. The van der Waals surface area contributed by atoms with Gasteiger partial charge in [0, 0.05) is 44.8 Å². The summed E-state index contributed by atoms with van der Waals surface area (Å²) in [5.74, 6) is 1.68. The molecular weight excluding hydrogens is 432 g/mol. The van der Waals surface area contributed by atoms with E-state index in [2.05, 4.69) is 17.1 Å². The van der Waals surface area contributed by atoms with Crippen molar-refractivity contribution in [1.82, 2.24) is 10.1 Å². The van der Waals surface area contributed by atoms with Crippen molar-refractivity contribution in [3.8, 4) is 16.9 Å². The molecule has 1 aliphatic heterocycles. The minimum Gasteiger partial charge on any atom is -0.478 e. The zero-order chi connectivity index (χ0) is 21.2. The number of benzene rings is 1. The lowest BCUT2D eigenvalue weighted by molar-refractivity contribution is 0.0793. The second kappa shape index (κ2) is 7.05. The second-order valence-corrected chi connectivity index (χ2v) is 10.1. The SMILES string of the molecule is CC1(c2onc3c2CCCC3)Cc2cc(Cl)cc(-c3ccnc4cc(CO)sc34)c2O1. The Morgan fingerprint density at radius 3 is 2.94 bits per heavy atom. The molecule has 6 rings (SSSR count). The lowest BCUT2D eigenvalue weighted by atomic mass is 9.88. The summed E-state index contributed by atoms with van der Waals surface area (Å²) < 4.78 is 13.5. The summed E-state index contributed by atoms with van der Waals surface area (Å²) in [4.78, 5) is 5.35. The van der Waals surface area contributed by atoms with Gasteiger partial charge in [0.25, 0.3) is 0 Å². The Kier molecular flexibility index (Phi) is 4.39. The van der Waals surface area contributed by atoms with Crippen LogP contribution in [0.5, 0.6) is 5.75 Å². The molecule has 3 aromatic heterocycles. The minimum absolute atomic E-state index is 0.000700. The molecule has 0 saturated carbocycles. The standard InChI is InChI=1S/C24H21ClN2O3S/c1-24(23-17-4-2-3-5-19(17)27-30-23)11-13-8-14(25)9-18(21(13)29-24)16-6-7-26-20-10-15(12-28)31-22(16)20/h6-10,28H,2-5,11-12H2,1H3. The Morgan fingerprint density at radius 1 is 1.19 bits per heavy atom. The predicted molar refractivity (Wildman–Crippen MR) is 121 cm³/mol. The Morgan fingerprint density at radius 2 is 2.06 bits per heavy atom. The van der Waals surface area contributed by atoms with Gasteiger partial charge in [0.2, 0.25) is 0 Å². The van der Waals surface area contributed by atoms with E-state index in [0.717, 1.165) is 74.7 Å². The van der Waals surface area contributed by atoms with Crippen molar-refractivity contribution >= 4 is 33.2 Å². The summed E-state index contributed by atoms with van der Waals surface area (Å²) in [5, 5.41) is 14.6. The van der Waals surface area contributed by atoms with Crippen LogP contribution in [0.2, 0.25) is 5.02 Å². The molecule has 1 N–H and O–H groups in total. The number of halogens is 1. The maximum Gasteiger partial charge on any atom is 0.183 e. The number of hydrogen-bond acceptors (Lipinski definition) is 6. The third-order valence-electron chi connectivity index (χ3n) is 6.33. The van der Waals surface area contributed by atoms with Crippen LogP contribution in [0, 0.1) is 0 Å². The van der Waals surface area contributed by atoms with Gasteiger partial charge in [-0.3, -0.25) is 4.98 Å². The van der Waals surface area contributed by atoms with Crippen molar-refractivity contribution in [2.45, 2.75) is 51.2 Å². The molecule has 0 spiro atoms. The fourth-order valence-corrected chi connectivity index (χ4v) is 6.18. The van der Waals surface area contributed by atoms with Crippen LogP contribution in [-0.4, -0.2) is 15.2 Å². The first-order valence-electron chi connectivity index (χ1n) is 10.5. The van der Waals surface area contributed by atoms with E-state index < -0.39 is 5.60 Å². The van der Waals surface area contributed by atoms with E-state index in [0.29, 0.717) is 11.4 Å². The van der Waals surface area contributed by atoms with Gasteiger partial charge < -0.3 is 14.4 Å². The van der Waals surface area contributed by atoms with Crippen LogP contribution >= 0.6 is 22.9 Å². The van der Waals surface area contributed by atoms with Crippen molar-refractivity contribution in [3.63, 3.8) is 0 Å². The van der Waals surface area contributed by atoms with Gasteiger partial charge in [-0.05, 0) is 56.9 Å². The number of rotatable bonds is 3. The summed E-state index contributed by atoms with van der Waals surface area (Å²) in [5.41, 5.74) is 5.56. The molecule has 0 bridgehead atoms. The topological polar surface area (TPSA) is 68.4 Å². The van der Waals surface area contributed by atoms with Crippen LogP contribution in [0.25, 0.3) is 21.3 Å². The Balaban J connectivity index is 1.49. The highest BCUT2D eigenvalue weighted by Crippen LogP contribution is 2.50. The third-order valence-corrected chi connectivity index (χ3v) is 7.70. The number of thiophene rings is 1. The minimum atomic E-state index is -0.614. The van der Waals surface area contributed by atoms with Gasteiger partial charge in [0.15, 0.2) is 11.4 Å². The number of aromatic nitrogens is 2. The van der Waals surface area contributed by atoms with E-state index in [1.54, 1.807) is 17.5 Å². The number of aliphatic hydroxyl groups excluding tert-OH is 1. The molecule has 1 aliphatic carbocycles. The van der Waals surface area contributed by atoms with Crippen molar-refractivity contribution in [2.24, 2.45) is 0 Å². The van der Waals surface area contributed by atoms with E-state index in [-0.39, 0.29) is 6.61 Å². The van der Waals surface area contributed by atoms with Crippen LogP contribution in [0.4, 0.5) is 0 Å². The highest BCUT2D eigenvalue weighted by atomic mass is 35.5. The number of fused-ring (bicyclic) bond motifs is 3. The van der Waals surface area contributed by atoms with Crippen LogP contribution in [0.1, 0.15) is 47.2 Å². The van der Waals surface area contributed by atoms with E-state index in [1.807, 2.05) is 24.3 Å². The maximum absolute atomic E-state index is 9.59. The highest BCUT2D eigenvalue weighted by molar-refractivity contribution is 7.19. The number of nitrogens with zero attached hydrogens (tertiary/aromatic N) is 2. The van der Waals surface area contributed by atoms with Gasteiger partial charge in [0.1, 0.15) is 5.75 Å². The average molecular weight is 453 g/mol. The van der Waals surface area contributed by atoms with Crippen LogP contribution in [0.15, 0.2) is 35.0 Å². The van der Waals surface area contributed by atoms with Gasteiger partial charge in [0.05, 0.1) is 22.5 Å². The van der Waals surface area contributed by atoms with Crippen LogP contribution in [-0.2, 0) is 31.5 Å². The fraction of sp³-hybridized carbons (Fsp3) is 0.333. The summed E-state index contributed by atoms with van der Waals surface area (Å²) in [7, 11) is 0. The predicted octanol–water partition coefficient (Wildman–Crippen LogP) is 5.83. The van der Waals surface area contributed by atoms with Gasteiger partial charge in [-0.1, -0.05) is 16.8 Å². The largest absolute Gasteiger partial charge is 0.478 e. The summed E-state index contributed by atoms with van der Waals surface area (Å²) in [6, 6.07) is 7.86. The smallest absolute Gasteiger partial charge is 0.183 e. The van der Waals surface area contributed by atoms with Crippen molar-refractivity contribution in [3.05, 3.63) is 62.9 Å². The molecule has 0 saturated heterocycles. The number of hydrogen-bond donors (Lipinski definition) is 1. The monoisotopic (exact) mass is 452 g/mol. The molecular formula is C24H21ClN2O3S. The normalized spacial score (nSPS) is 20.0. The van der Waals surface area contributed by atoms with Crippen molar-refractivity contribution in [1.29, 1.82) is 0 Å². The number of ether oxygens (including phenoxy) is 1. The fourth-order valence-electron chi connectivity index (χ4n) is 4.94. The molecule has 0 fully saturated rings. The lowest BCUT2D eigenvalue weighted by Crippen LogP contribution is -2.28. The van der Waals surface area contributed by atoms with Crippen molar-refractivity contribution < 1.29 is 14.4 Å². The molecule has 1 unspecified atom stereocenters. The first kappa shape index (κ1) is 19.3. The van der Waals surface area contributed by atoms with Gasteiger partial charge in [-0.2, -0.15) is 0 Å². The van der Waals surface area contributed by atoms with Crippen molar-refractivity contribution in [2.75, 3.05) is 0 Å². The molecule has 5 nitrogen and oxygen atoms in total. The molecule has 7 heteroatoms. The summed E-state index contributed by atoms with van der Waals surface area (Å²) in [6.07, 6.45) is 6.74. The van der Waals surface area contributed by atoms with E-state index in [4.69, 9.17) is 20.9 Å². The first-order chi connectivity index (χ1) is 15.1. The molecule has 4 heterocycles. The van der Waals surface area contributed by atoms with Gasteiger partial charge in [-0.25, -0.2) is 0 Å². The lowest BCUT2D eigenvalue weighted by Gasteiger charge is -2.23. The molecule has 0 amide bonds. The third kappa shape index (κ3) is 3.00. The number of aliphatic hydroxyl groups is 1. The first-order valence-corrected chi connectivity index (χ1v) is 11.7. The van der Waals surface area contributed by atoms with E-state index >= 15 is 0 Å². The van der Waals surface area contributed by atoms with Gasteiger partial charge >= 0.3 is 0 Å². The van der Waals surface area contributed by atoms with Gasteiger partial charge in [-0.15, -0.1) is 11.3 Å². The molecule has 158 valence electrons. The van der Waals surface area contributed by atoms with Crippen LogP contribution < -0.4 is 4.74 Å². The molecule has 1 aromatic carbocycles. The Hall–Kier alpha value is -2.41. The summed E-state index contributed by atoms with van der Waals surface area (Å²) in [6.45, 7) is 2.08. The molecule has 0 radical (unpaired) electrons.